The van der Waals surface area contributed by atoms with Crippen LogP contribution in [0, 0.1) is 0 Å². The first-order valence-electron chi connectivity index (χ1n) is 17.4. The van der Waals surface area contributed by atoms with Gasteiger partial charge in [0, 0.05) is 6.42 Å². The van der Waals surface area contributed by atoms with Gasteiger partial charge in [0.25, 0.3) is 5.82 Å². The molecular formula is C35H69N2+. The van der Waals surface area contributed by atoms with Crippen molar-refractivity contribution in [2.75, 3.05) is 0 Å². The molecular weight excluding hydrogens is 448 g/mol. The molecule has 218 valence electrons. The van der Waals surface area contributed by atoms with Gasteiger partial charge >= 0.3 is 0 Å². The van der Waals surface area contributed by atoms with Crippen LogP contribution in [0.15, 0.2) is 12.4 Å². The molecule has 0 amide bonds. The molecule has 1 aromatic rings. The molecule has 37 heavy (non-hydrogen) atoms. The summed E-state index contributed by atoms with van der Waals surface area (Å²) < 4.78 is 5.24. The Morgan fingerprint density at radius 2 is 0.838 bits per heavy atom. The summed E-state index contributed by atoms with van der Waals surface area (Å²) in [6.45, 7) is 9.39. The molecule has 0 fully saturated rings. The van der Waals surface area contributed by atoms with Gasteiger partial charge in [-0.15, -0.1) is 0 Å². The highest BCUT2D eigenvalue weighted by molar-refractivity contribution is 4.84. The maximum Gasteiger partial charge on any atom is 0.256 e. The first-order chi connectivity index (χ1) is 18.3. The van der Waals surface area contributed by atoms with Crippen LogP contribution in [0.3, 0.4) is 0 Å². The Hall–Kier alpha value is -0.790. The van der Waals surface area contributed by atoms with Crippen molar-refractivity contribution >= 4 is 0 Å². The van der Waals surface area contributed by atoms with Crippen molar-refractivity contribution in [3.8, 4) is 0 Å². The van der Waals surface area contributed by atoms with Gasteiger partial charge in [0.2, 0.25) is 0 Å². The number of unbranched alkanes of at least 4 members (excludes halogenated alkanes) is 23. The predicted molar refractivity (Wildman–Crippen MR) is 165 cm³/mol. The van der Waals surface area contributed by atoms with E-state index in [2.05, 4.69) is 42.3 Å². The number of imidazole rings is 1. The Morgan fingerprint density at radius 1 is 0.459 bits per heavy atom. The Kier molecular flexibility index (Phi) is 24.8. The largest absolute Gasteiger partial charge is 0.256 e. The lowest BCUT2D eigenvalue weighted by Gasteiger charge is -2.07. The van der Waals surface area contributed by atoms with Crippen molar-refractivity contribution in [1.29, 1.82) is 0 Å². The third-order valence-corrected chi connectivity index (χ3v) is 8.35. The minimum atomic E-state index is 1.23. The highest BCUT2D eigenvalue weighted by atomic mass is 15.1. The van der Waals surface area contributed by atoms with Crippen LogP contribution in [-0.4, -0.2) is 4.57 Å². The van der Waals surface area contributed by atoms with Gasteiger partial charge < -0.3 is 0 Å². The minimum absolute atomic E-state index is 1.23. The fraction of sp³-hybridized carbons (Fsp3) is 0.914. The molecule has 0 aliphatic rings. The van der Waals surface area contributed by atoms with Crippen LogP contribution in [0.1, 0.15) is 194 Å². The molecule has 1 heterocycles. The highest BCUT2D eigenvalue weighted by Gasteiger charge is 2.16. The molecule has 0 spiro atoms. The molecule has 0 aliphatic carbocycles. The van der Waals surface area contributed by atoms with Crippen LogP contribution < -0.4 is 4.57 Å². The summed E-state index contributed by atoms with van der Waals surface area (Å²) >= 11 is 0. The molecule has 0 aromatic carbocycles. The first-order valence-corrected chi connectivity index (χ1v) is 17.4. The van der Waals surface area contributed by atoms with Gasteiger partial charge in [0.05, 0.1) is 13.1 Å². The Labute approximate surface area is 234 Å². The number of hydrogen-bond acceptors (Lipinski definition) is 0. The smallest absolute Gasteiger partial charge is 0.234 e. The van der Waals surface area contributed by atoms with Crippen molar-refractivity contribution in [3.63, 3.8) is 0 Å². The molecule has 0 atom stereocenters. The Bertz CT molecular complexity index is 576. The van der Waals surface area contributed by atoms with Gasteiger partial charge in [-0.25, -0.2) is 9.13 Å². The zero-order valence-electron chi connectivity index (χ0n) is 26.1. The molecule has 2 nitrogen and oxygen atoms in total. The Balaban J connectivity index is 2.34. The van der Waals surface area contributed by atoms with E-state index < -0.39 is 0 Å². The maximum absolute atomic E-state index is 2.62. The van der Waals surface area contributed by atoms with Gasteiger partial charge in [-0.1, -0.05) is 156 Å². The summed E-state index contributed by atoms with van der Waals surface area (Å²) in [7, 11) is 0. The normalized spacial score (nSPS) is 11.5. The first kappa shape index (κ1) is 34.2. The molecule has 0 unspecified atom stereocenters. The zero-order chi connectivity index (χ0) is 26.7. The molecule has 0 aliphatic heterocycles. The van der Waals surface area contributed by atoms with E-state index in [9.17, 15) is 0 Å². The fourth-order valence-electron chi connectivity index (χ4n) is 5.80. The summed E-state index contributed by atoms with van der Waals surface area (Å²) in [5.74, 6) is 1.62. The lowest BCUT2D eigenvalue weighted by molar-refractivity contribution is -0.704. The molecule has 0 N–H and O–H groups in total. The van der Waals surface area contributed by atoms with E-state index in [4.69, 9.17) is 0 Å². The number of aryl methyl sites for hydroxylation is 2. The predicted octanol–water partition coefficient (Wildman–Crippen LogP) is 11.5. The SMILES string of the molecule is CCCCCCCCCCCCc1n(CCCCCCCCCCC)cc[n+]1CCCCCCCCC. The lowest BCUT2D eigenvalue weighted by Crippen LogP contribution is -2.37. The molecule has 1 aromatic heterocycles. The van der Waals surface area contributed by atoms with Crippen LogP contribution in [0.4, 0.5) is 0 Å². The average Bonchev–Trinajstić information content (AvgIpc) is 3.29. The molecule has 0 radical (unpaired) electrons. The fourth-order valence-corrected chi connectivity index (χ4v) is 5.80. The van der Waals surface area contributed by atoms with Crippen LogP contribution in [0.2, 0.25) is 0 Å². The molecule has 0 saturated carbocycles. The van der Waals surface area contributed by atoms with Gasteiger partial charge in [0.1, 0.15) is 12.4 Å². The molecule has 0 bridgehead atoms. The number of nitrogens with zero attached hydrogens (tertiary/aromatic N) is 2. The van der Waals surface area contributed by atoms with Crippen LogP contribution >= 0.6 is 0 Å². The standard InChI is InChI=1S/C35H69N2/c1-4-7-10-13-16-18-19-21-24-27-30-35-36(31-28-25-22-15-12-9-6-3)33-34-37(35)32-29-26-23-20-17-14-11-8-5-2/h33-34H,4-32H2,1-3H3/q+1. The second-order valence-electron chi connectivity index (χ2n) is 12.0. The lowest BCUT2D eigenvalue weighted by atomic mass is 10.1. The van der Waals surface area contributed by atoms with Crippen molar-refractivity contribution in [2.45, 2.75) is 207 Å². The highest BCUT2D eigenvalue weighted by Crippen LogP contribution is 2.14. The summed E-state index contributed by atoms with van der Waals surface area (Å²) in [5, 5.41) is 0. The summed E-state index contributed by atoms with van der Waals surface area (Å²) in [6.07, 6.45) is 42.9. The Morgan fingerprint density at radius 3 is 1.30 bits per heavy atom. The van der Waals surface area contributed by atoms with E-state index in [0.717, 1.165) is 0 Å². The quantitative estimate of drug-likeness (QED) is 0.0737. The summed E-state index contributed by atoms with van der Waals surface area (Å²) in [5.41, 5.74) is 0. The van der Waals surface area contributed by atoms with Crippen LogP contribution in [-0.2, 0) is 19.5 Å². The van der Waals surface area contributed by atoms with E-state index >= 15 is 0 Å². The van der Waals surface area contributed by atoms with Gasteiger partial charge in [-0.3, -0.25) is 0 Å². The number of aromatic nitrogens is 2. The van der Waals surface area contributed by atoms with Gasteiger partial charge in [-0.05, 0) is 32.1 Å². The van der Waals surface area contributed by atoms with Gasteiger partial charge in [0.15, 0.2) is 0 Å². The van der Waals surface area contributed by atoms with E-state index in [-0.39, 0.29) is 0 Å². The van der Waals surface area contributed by atoms with E-state index in [1.54, 1.807) is 5.82 Å². The number of rotatable bonds is 29. The van der Waals surface area contributed by atoms with Gasteiger partial charge in [-0.2, -0.15) is 0 Å². The zero-order valence-corrected chi connectivity index (χ0v) is 26.1. The maximum atomic E-state index is 2.62. The second-order valence-corrected chi connectivity index (χ2v) is 12.0. The molecule has 0 saturated heterocycles. The third kappa shape index (κ3) is 19.9. The van der Waals surface area contributed by atoms with Crippen molar-refractivity contribution in [1.82, 2.24) is 4.57 Å². The summed E-state index contributed by atoms with van der Waals surface area (Å²) in [6, 6.07) is 0. The second kappa shape index (κ2) is 26.8. The minimum Gasteiger partial charge on any atom is -0.234 e. The van der Waals surface area contributed by atoms with E-state index in [0.29, 0.717) is 0 Å². The van der Waals surface area contributed by atoms with E-state index in [1.807, 2.05) is 0 Å². The average molecular weight is 518 g/mol. The summed E-state index contributed by atoms with van der Waals surface area (Å²) in [4.78, 5) is 0. The third-order valence-electron chi connectivity index (χ3n) is 8.35. The van der Waals surface area contributed by atoms with Crippen molar-refractivity contribution < 1.29 is 4.57 Å². The van der Waals surface area contributed by atoms with Crippen molar-refractivity contribution in [2.24, 2.45) is 0 Å². The molecule has 2 heteroatoms. The molecule has 1 rings (SSSR count). The van der Waals surface area contributed by atoms with Crippen molar-refractivity contribution in [3.05, 3.63) is 18.2 Å². The van der Waals surface area contributed by atoms with Crippen LogP contribution in [0.5, 0.6) is 0 Å². The van der Waals surface area contributed by atoms with Crippen LogP contribution in [0.25, 0.3) is 0 Å². The topological polar surface area (TPSA) is 8.81 Å². The van der Waals surface area contributed by atoms with E-state index in [1.165, 1.54) is 186 Å². The monoisotopic (exact) mass is 518 g/mol. The number of hydrogen-bond donors (Lipinski definition) is 0.